The molecule has 2 aliphatic carbocycles. The van der Waals surface area contributed by atoms with Crippen LogP contribution in [0.5, 0.6) is 0 Å². The predicted molar refractivity (Wildman–Crippen MR) is 122 cm³/mol. The maximum Gasteiger partial charge on any atom is -0.0233 e. The summed E-state index contributed by atoms with van der Waals surface area (Å²) in [6, 6.07) is 0. The lowest BCUT2D eigenvalue weighted by Crippen LogP contribution is -2.14. The van der Waals surface area contributed by atoms with Crippen LogP contribution in [0.25, 0.3) is 0 Å². The molecule has 0 aliphatic heterocycles. The van der Waals surface area contributed by atoms with Gasteiger partial charge in [-0.3, -0.25) is 0 Å². The molecule has 0 atom stereocenters. The second-order valence-corrected chi connectivity index (χ2v) is 9.71. The first-order valence-electron chi connectivity index (χ1n) is 12.6. The highest BCUT2D eigenvalue weighted by atomic mass is 14.3. The third-order valence-corrected chi connectivity index (χ3v) is 7.48. The molecule has 27 heavy (non-hydrogen) atoms. The molecule has 0 spiro atoms. The molecule has 2 aliphatic rings. The van der Waals surface area contributed by atoms with Crippen molar-refractivity contribution in [1.29, 1.82) is 0 Å². The number of rotatable bonds is 13. The minimum Gasteiger partial charge on any atom is -0.103 e. The van der Waals surface area contributed by atoms with Gasteiger partial charge in [-0.25, -0.2) is 0 Å². The van der Waals surface area contributed by atoms with Gasteiger partial charge in [-0.15, -0.1) is 6.58 Å². The largest absolute Gasteiger partial charge is 0.103 e. The first-order chi connectivity index (χ1) is 13.3. The molecule has 2 rings (SSSR count). The SMILES string of the molecule is C=CC1CCC(C=CCCC2CCC(CCCCCCCCC)CC2)CC1. The van der Waals surface area contributed by atoms with Crippen LogP contribution in [0, 0.1) is 23.7 Å². The van der Waals surface area contributed by atoms with E-state index in [9.17, 15) is 0 Å². The Morgan fingerprint density at radius 2 is 1.22 bits per heavy atom. The van der Waals surface area contributed by atoms with Crippen molar-refractivity contribution in [2.45, 2.75) is 122 Å². The topological polar surface area (TPSA) is 0 Å². The van der Waals surface area contributed by atoms with Crippen LogP contribution in [0.4, 0.5) is 0 Å². The third kappa shape index (κ3) is 10.00. The summed E-state index contributed by atoms with van der Waals surface area (Å²) in [5.41, 5.74) is 0. The van der Waals surface area contributed by atoms with Crippen LogP contribution < -0.4 is 0 Å². The molecule has 0 aromatic heterocycles. The van der Waals surface area contributed by atoms with E-state index in [1.165, 1.54) is 116 Å². The summed E-state index contributed by atoms with van der Waals surface area (Å²) in [4.78, 5) is 0. The van der Waals surface area contributed by atoms with Gasteiger partial charge < -0.3 is 0 Å². The molecule has 0 amide bonds. The quantitative estimate of drug-likeness (QED) is 0.223. The lowest BCUT2D eigenvalue weighted by Gasteiger charge is -2.28. The van der Waals surface area contributed by atoms with Gasteiger partial charge in [0.15, 0.2) is 0 Å². The fourth-order valence-electron chi connectivity index (χ4n) is 5.39. The van der Waals surface area contributed by atoms with Crippen LogP contribution in [0.15, 0.2) is 24.8 Å². The number of hydrogen-bond donors (Lipinski definition) is 0. The van der Waals surface area contributed by atoms with Gasteiger partial charge in [-0.05, 0) is 62.2 Å². The van der Waals surface area contributed by atoms with E-state index in [0.29, 0.717) is 0 Å². The summed E-state index contributed by atoms with van der Waals surface area (Å²) >= 11 is 0. The van der Waals surface area contributed by atoms with Gasteiger partial charge in [0.2, 0.25) is 0 Å². The molecule has 0 N–H and O–H groups in total. The summed E-state index contributed by atoms with van der Waals surface area (Å²) in [6.45, 7) is 6.27. The number of allylic oxidation sites excluding steroid dienone is 3. The molecule has 2 fully saturated rings. The van der Waals surface area contributed by atoms with E-state index in [0.717, 1.165) is 23.7 Å². The molecule has 0 nitrogen and oxygen atoms in total. The van der Waals surface area contributed by atoms with E-state index >= 15 is 0 Å². The highest BCUT2D eigenvalue weighted by Crippen LogP contribution is 2.35. The Labute approximate surface area is 171 Å². The van der Waals surface area contributed by atoms with Crippen LogP contribution in [0.3, 0.4) is 0 Å². The van der Waals surface area contributed by atoms with Crippen LogP contribution >= 0.6 is 0 Å². The molecule has 0 bridgehead atoms. The van der Waals surface area contributed by atoms with Crippen molar-refractivity contribution in [3.63, 3.8) is 0 Å². The fraction of sp³-hybridized carbons (Fsp3) is 0.852. The minimum absolute atomic E-state index is 0.797. The minimum atomic E-state index is 0.797. The lowest BCUT2D eigenvalue weighted by molar-refractivity contribution is 0.249. The summed E-state index contributed by atoms with van der Waals surface area (Å²) < 4.78 is 0. The molecule has 0 aromatic rings. The van der Waals surface area contributed by atoms with Gasteiger partial charge in [-0.1, -0.05) is 102 Å². The van der Waals surface area contributed by atoms with Gasteiger partial charge in [-0.2, -0.15) is 0 Å². The highest BCUT2D eigenvalue weighted by molar-refractivity contribution is 4.94. The van der Waals surface area contributed by atoms with E-state index < -0.39 is 0 Å². The summed E-state index contributed by atoms with van der Waals surface area (Å²) in [5, 5.41) is 0. The molecule has 0 aromatic carbocycles. The van der Waals surface area contributed by atoms with Crippen molar-refractivity contribution in [3.8, 4) is 0 Å². The normalized spacial score (nSPS) is 29.2. The molecule has 0 saturated heterocycles. The average molecular weight is 373 g/mol. The zero-order valence-corrected chi connectivity index (χ0v) is 18.5. The molecular weight excluding hydrogens is 324 g/mol. The second kappa shape index (κ2) is 14.5. The fourth-order valence-corrected chi connectivity index (χ4v) is 5.39. The Kier molecular flexibility index (Phi) is 12.2. The maximum atomic E-state index is 3.96. The molecule has 0 heterocycles. The molecule has 0 unspecified atom stereocenters. The monoisotopic (exact) mass is 372 g/mol. The molecule has 156 valence electrons. The maximum absolute atomic E-state index is 3.96. The van der Waals surface area contributed by atoms with E-state index in [-0.39, 0.29) is 0 Å². The van der Waals surface area contributed by atoms with Gasteiger partial charge in [0.05, 0.1) is 0 Å². The Hall–Kier alpha value is -0.520. The Morgan fingerprint density at radius 1 is 0.667 bits per heavy atom. The second-order valence-electron chi connectivity index (χ2n) is 9.71. The lowest BCUT2D eigenvalue weighted by atomic mass is 9.78. The smallest absolute Gasteiger partial charge is 0.0233 e. The number of hydrogen-bond acceptors (Lipinski definition) is 0. The van der Waals surface area contributed by atoms with Crippen molar-refractivity contribution >= 4 is 0 Å². The zero-order chi connectivity index (χ0) is 19.2. The molecular formula is C27H48. The number of unbranched alkanes of at least 4 members (excludes halogenated alkanes) is 6. The standard InChI is InChI=1S/C27H48/c1-3-5-6-7-8-9-10-13-25-20-22-27(23-21-25)15-12-11-14-26-18-16-24(4-2)17-19-26/h4,11,14,24-27H,2-3,5-10,12-13,15-23H2,1H3. The van der Waals surface area contributed by atoms with Crippen molar-refractivity contribution in [3.05, 3.63) is 24.8 Å². The van der Waals surface area contributed by atoms with Crippen LogP contribution in [0.2, 0.25) is 0 Å². The summed E-state index contributed by atoms with van der Waals surface area (Å²) in [5.74, 6) is 3.74. The van der Waals surface area contributed by atoms with E-state index in [4.69, 9.17) is 0 Å². The zero-order valence-electron chi connectivity index (χ0n) is 18.5. The third-order valence-electron chi connectivity index (χ3n) is 7.48. The van der Waals surface area contributed by atoms with Gasteiger partial charge in [0.25, 0.3) is 0 Å². The van der Waals surface area contributed by atoms with Crippen molar-refractivity contribution in [2.75, 3.05) is 0 Å². The van der Waals surface area contributed by atoms with Gasteiger partial charge in [0.1, 0.15) is 0 Å². The van der Waals surface area contributed by atoms with Crippen molar-refractivity contribution in [1.82, 2.24) is 0 Å². The first-order valence-corrected chi connectivity index (χ1v) is 12.6. The molecule has 0 heteroatoms. The Balaban J connectivity index is 1.44. The van der Waals surface area contributed by atoms with Gasteiger partial charge in [0, 0.05) is 0 Å². The summed E-state index contributed by atoms with van der Waals surface area (Å²) in [6.07, 6.45) is 33.3. The van der Waals surface area contributed by atoms with Crippen LogP contribution in [-0.4, -0.2) is 0 Å². The van der Waals surface area contributed by atoms with E-state index in [1.807, 2.05) is 0 Å². The van der Waals surface area contributed by atoms with Gasteiger partial charge >= 0.3 is 0 Å². The Bertz CT molecular complexity index is 377. The van der Waals surface area contributed by atoms with E-state index in [1.54, 1.807) is 0 Å². The van der Waals surface area contributed by atoms with Crippen LogP contribution in [0.1, 0.15) is 122 Å². The Morgan fingerprint density at radius 3 is 1.85 bits per heavy atom. The molecule has 0 radical (unpaired) electrons. The first kappa shape index (κ1) is 22.8. The highest BCUT2D eigenvalue weighted by Gasteiger charge is 2.20. The van der Waals surface area contributed by atoms with Crippen molar-refractivity contribution in [2.24, 2.45) is 23.7 Å². The van der Waals surface area contributed by atoms with Crippen molar-refractivity contribution < 1.29 is 0 Å². The van der Waals surface area contributed by atoms with E-state index in [2.05, 4.69) is 31.7 Å². The van der Waals surface area contributed by atoms with Crippen LogP contribution in [-0.2, 0) is 0 Å². The average Bonchev–Trinajstić information content (AvgIpc) is 2.72. The molecule has 2 saturated carbocycles. The summed E-state index contributed by atoms with van der Waals surface area (Å²) in [7, 11) is 0. The predicted octanol–water partition coefficient (Wildman–Crippen LogP) is 9.26.